The Balaban J connectivity index is 1.94. The summed E-state index contributed by atoms with van der Waals surface area (Å²) in [5.74, 6) is 0.308. The number of carbonyl (C=O) groups is 1. The van der Waals surface area contributed by atoms with Gasteiger partial charge in [-0.3, -0.25) is 4.79 Å². The van der Waals surface area contributed by atoms with Gasteiger partial charge in [0, 0.05) is 5.02 Å². The highest BCUT2D eigenvalue weighted by molar-refractivity contribution is 7.93. The zero-order chi connectivity index (χ0) is 22.4. The summed E-state index contributed by atoms with van der Waals surface area (Å²) in [7, 11) is -4.20. The van der Waals surface area contributed by atoms with E-state index in [1.165, 1.54) is 36.4 Å². The summed E-state index contributed by atoms with van der Waals surface area (Å²) in [6.07, 6.45) is 0. The zero-order valence-corrected chi connectivity index (χ0v) is 18.7. The van der Waals surface area contributed by atoms with Gasteiger partial charge in [0.25, 0.3) is 15.9 Å². The van der Waals surface area contributed by atoms with Crippen LogP contribution in [0.15, 0.2) is 77.7 Å². The van der Waals surface area contributed by atoms with E-state index in [1.54, 1.807) is 30.3 Å². The van der Waals surface area contributed by atoms with Crippen LogP contribution in [0.5, 0.6) is 11.5 Å². The largest absolute Gasteiger partial charge is 0.494 e. The molecular weight excluding hydrogens is 438 g/mol. The second-order valence-corrected chi connectivity index (χ2v) is 8.87. The van der Waals surface area contributed by atoms with Crippen LogP contribution < -0.4 is 13.8 Å². The number of ether oxygens (including phenoxy) is 2. The lowest BCUT2D eigenvalue weighted by atomic mass is 10.2. The lowest BCUT2D eigenvalue weighted by Gasteiger charge is -2.23. The van der Waals surface area contributed by atoms with Crippen LogP contribution >= 0.6 is 11.6 Å². The molecule has 0 spiro atoms. The third kappa shape index (κ3) is 5.57. The summed E-state index contributed by atoms with van der Waals surface area (Å²) in [6.45, 7) is 3.75. The number of amides is 1. The lowest BCUT2D eigenvalue weighted by molar-refractivity contribution is -0.119. The minimum absolute atomic E-state index is 0.0605. The highest BCUT2D eigenvalue weighted by atomic mass is 35.5. The number of halogens is 1. The molecule has 0 fully saturated rings. The summed E-state index contributed by atoms with van der Waals surface area (Å²) >= 11 is 5.89. The van der Waals surface area contributed by atoms with Crippen LogP contribution in [0.3, 0.4) is 0 Å². The summed E-state index contributed by atoms with van der Waals surface area (Å²) in [6, 6.07) is 19.0. The van der Waals surface area contributed by atoms with Crippen LogP contribution in [0.4, 0.5) is 5.69 Å². The van der Waals surface area contributed by atoms with Crippen molar-refractivity contribution in [1.82, 2.24) is 0 Å². The monoisotopic (exact) mass is 459 g/mol. The van der Waals surface area contributed by atoms with Gasteiger partial charge in [-0.05, 0) is 80.1 Å². The van der Waals surface area contributed by atoms with Crippen molar-refractivity contribution in [1.29, 1.82) is 0 Å². The van der Waals surface area contributed by atoms with E-state index in [1.807, 2.05) is 19.9 Å². The smallest absolute Gasteiger partial charge is 0.278 e. The predicted octanol–water partition coefficient (Wildman–Crippen LogP) is 4.85. The second-order valence-electron chi connectivity index (χ2n) is 6.65. The number of anilines is 1. The molecule has 8 heteroatoms. The standard InChI is InChI=1S/C23H22ClNO5S/c1-3-29-20-11-9-19(10-12-20)25(31(27,28)22-13-7-18(24)8-14-22)23(26)16-30-21-6-4-5-17(2)15-21/h4-15H,3,16H2,1-2H3. The molecule has 0 aliphatic rings. The normalized spacial score (nSPS) is 11.1. The third-order valence-corrected chi connectivity index (χ3v) is 6.33. The molecule has 31 heavy (non-hydrogen) atoms. The molecule has 0 heterocycles. The molecule has 0 aliphatic heterocycles. The van der Waals surface area contributed by atoms with Crippen LogP contribution in [-0.2, 0) is 14.8 Å². The van der Waals surface area contributed by atoms with Crippen LogP contribution in [-0.4, -0.2) is 27.5 Å². The van der Waals surface area contributed by atoms with Gasteiger partial charge in [0.15, 0.2) is 6.61 Å². The molecule has 0 N–H and O–H groups in total. The molecule has 1 amide bonds. The van der Waals surface area contributed by atoms with E-state index in [2.05, 4.69) is 0 Å². The van der Waals surface area contributed by atoms with E-state index in [0.29, 0.717) is 23.1 Å². The number of benzene rings is 3. The van der Waals surface area contributed by atoms with Crippen molar-refractivity contribution in [2.24, 2.45) is 0 Å². The SMILES string of the molecule is CCOc1ccc(N(C(=O)COc2cccc(C)c2)S(=O)(=O)c2ccc(Cl)cc2)cc1. The number of rotatable bonds is 8. The van der Waals surface area contributed by atoms with E-state index in [9.17, 15) is 13.2 Å². The molecule has 0 aromatic heterocycles. The maximum absolute atomic E-state index is 13.3. The van der Waals surface area contributed by atoms with Crippen molar-refractivity contribution < 1.29 is 22.7 Å². The van der Waals surface area contributed by atoms with Crippen molar-refractivity contribution in [3.63, 3.8) is 0 Å². The first-order chi connectivity index (χ1) is 14.8. The van der Waals surface area contributed by atoms with E-state index in [4.69, 9.17) is 21.1 Å². The Labute approximate surface area is 187 Å². The Bertz CT molecular complexity index is 1150. The second kappa shape index (κ2) is 9.85. The van der Waals surface area contributed by atoms with Gasteiger partial charge in [-0.15, -0.1) is 0 Å². The van der Waals surface area contributed by atoms with E-state index < -0.39 is 22.5 Å². The highest BCUT2D eigenvalue weighted by Crippen LogP contribution is 2.27. The van der Waals surface area contributed by atoms with Gasteiger partial charge >= 0.3 is 0 Å². The fraction of sp³-hybridized carbons (Fsp3) is 0.174. The van der Waals surface area contributed by atoms with Gasteiger partial charge in [0.2, 0.25) is 0 Å². The number of hydrogen-bond donors (Lipinski definition) is 0. The molecule has 3 rings (SSSR count). The highest BCUT2D eigenvalue weighted by Gasteiger charge is 2.31. The minimum atomic E-state index is -4.20. The summed E-state index contributed by atoms with van der Waals surface area (Å²) in [4.78, 5) is 13.0. The number of hydrogen-bond acceptors (Lipinski definition) is 5. The molecule has 162 valence electrons. The molecule has 0 radical (unpaired) electrons. The van der Waals surface area contributed by atoms with Crippen LogP contribution in [0.1, 0.15) is 12.5 Å². The van der Waals surface area contributed by atoms with Crippen molar-refractivity contribution >= 4 is 33.2 Å². The molecule has 0 aliphatic carbocycles. The van der Waals surface area contributed by atoms with Crippen LogP contribution in [0.2, 0.25) is 5.02 Å². The van der Waals surface area contributed by atoms with Gasteiger partial charge in [0.1, 0.15) is 11.5 Å². The Hall–Kier alpha value is -3.03. The Kier molecular flexibility index (Phi) is 7.20. The number of aryl methyl sites for hydroxylation is 1. The molecule has 0 atom stereocenters. The first-order valence-corrected chi connectivity index (χ1v) is 11.4. The van der Waals surface area contributed by atoms with Crippen molar-refractivity contribution in [2.45, 2.75) is 18.7 Å². The number of nitrogens with zero attached hydrogens (tertiary/aromatic N) is 1. The van der Waals surface area contributed by atoms with Crippen LogP contribution in [0.25, 0.3) is 0 Å². The van der Waals surface area contributed by atoms with Crippen molar-refractivity contribution in [3.05, 3.63) is 83.4 Å². The maximum atomic E-state index is 13.3. The third-order valence-electron chi connectivity index (χ3n) is 4.31. The Morgan fingerprint density at radius 3 is 2.23 bits per heavy atom. The summed E-state index contributed by atoms with van der Waals surface area (Å²) < 4.78 is 38.4. The topological polar surface area (TPSA) is 72.9 Å². The zero-order valence-electron chi connectivity index (χ0n) is 17.1. The number of carbonyl (C=O) groups excluding carboxylic acids is 1. The summed E-state index contributed by atoms with van der Waals surface area (Å²) in [5.41, 5.74) is 1.14. The first-order valence-electron chi connectivity index (χ1n) is 9.57. The Morgan fingerprint density at radius 2 is 1.61 bits per heavy atom. The first kappa shape index (κ1) is 22.7. The molecule has 0 saturated carbocycles. The Morgan fingerprint density at radius 1 is 0.935 bits per heavy atom. The van der Waals surface area contributed by atoms with Gasteiger partial charge < -0.3 is 9.47 Å². The van der Waals surface area contributed by atoms with E-state index in [0.717, 1.165) is 9.87 Å². The molecule has 3 aromatic rings. The fourth-order valence-corrected chi connectivity index (χ4v) is 4.42. The molecule has 0 unspecified atom stereocenters. The molecule has 0 saturated heterocycles. The molecular formula is C23H22ClNO5S. The van der Waals surface area contributed by atoms with Gasteiger partial charge in [-0.2, -0.15) is 4.31 Å². The van der Waals surface area contributed by atoms with Gasteiger partial charge in [-0.1, -0.05) is 23.7 Å². The average Bonchev–Trinajstić information content (AvgIpc) is 2.74. The van der Waals surface area contributed by atoms with Gasteiger partial charge in [-0.25, -0.2) is 8.42 Å². The number of sulfonamides is 1. The van der Waals surface area contributed by atoms with Gasteiger partial charge in [0.05, 0.1) is 17.2 Å². The quantitative estimate of drug-likeness (QED) is 0.481. The molecule has 0 bridgehead atoms. The molecule has 6 nitrogen and oxygen atoms in total. The average molecular weight is 460 g/mol. The summed E-state index contributed by atoms with van der Waals surface area (Å²) in [5, 5.41) is 0.390. The van der Waals surface area contributed by atoms with E-state index >= 15 is 0 Å². The predicted molar refractivity (Wildman–Crippen MR) is 120 cm³/mol. The van der Waals surface area contributed by atoms with E-state index in [-0.39, 0.29) is 10.6 Å². The molecule has 3 aromatic carbocycles. The minimum Gasteiger partial charge on any atom is -0.494 e. The lowest BCUT2D eigenvalue weighted by Crippen LogP contribution is -2.40. The fourth-order valence-electron chi connectivity index (χ4n) is 2.88. The van der Waals surface area contributed by atoms with Crippen LogP contribution in [0, 0.1) is 6.92 Å². The van der Waals surface area contributed by atoms with Crippen molar-refractivity contribution in [2.75, 3.05) is 17.5 Å². The van der Waals surface area contributed by atoms with Crippen molar-refractivity contribution in [3.8, 4) is 11.5 Å². The maximum Gasteiger partial charge on any atom is 0.278 e.